The summed E-state index contributed by atoms with van der Waals surface area (Å²) in [4.78, 5) is 43.2. The minimum Gasteiger partial charge on any atom is -0.458 e. The van der Waals surface area contributed by atoms with Gasteiger partial charge in [-0.25, -0.2) is 4.79 Å². The molecule has 5 rings (SSSR count). The third-order valence-corrected chi connectivity index (χ3v) is 6.73. The highest BCUT2D eigenvalue weighted by Gasteiger charge is 2.64. The Bertz CT molecular complexity index is 1100. The first kappa shape index (κ1) is 20.7. The maximum atomic E-state index is 13.6. The van der Waals surface area contributed by atoms with Gasteiger partial charge in [-0.15, -0.1) is 0 Å². The van der Waals surface area contributed by atoms with Crippen molar-refractivity contribution in [1.29, 1.82) is 0 Å². The van der Waals surface area contributed by atoms with E-state index in [1.807, 2.05) is 24.3 Å². The molecule has 6 nitrogen and oxygen atoms in total. The lowest BCUT2D eigenvalue weighted by atomic mass is 9.87. The Labute approximate surface area is 188 Å². The SMILES string of the molecule is CC(C)(C)c1ccc(COC(=O)C23CCC(=O)N2c2ccccc2C(=O)N3C2CC2)cc1. The minimum atomic E-state index is -1.39. The number of para-hydroxylation sites is 1. The van der Waals surface area contributed by atoms with Crippen molar-refractivity contribution in [3.63, 3.8) is 0 Å². The van der Waals surface area contributed by atoms with Crippen molar-refractivity contribution < 1.29 is 19.1 Å². The molecule has 2 aromatic carbocycles. The van der Waals surface area contributed by atoms with Crippen molar-refractivity contribution in [1.82, 2.24) is 4.90 Å². The van der Waals surface area contributed by atoms with E-state index in [0.717, 1.165) is 18.4 Å². The topological polar surface area (TPSA) is 66.9 Å². The number of benzene rings is 2. The zero-order chi connectivity index (χ0) is 22.7. The summed E-state index contributed by atoms with van der Waals surface area (Å²) < 4.78 is 5.79. The Morgan fingerprint density at radius 3 is 2.41 bits per heavy atom. The number of fused-ring (bicyclic) bond motifs is 3. The lowest BCUT2D eigenvalue weighted by molar-refractivity contribution is -0.159. The van der Waals surface area contributed by atoms with Crippen LogP contribution in [-0.2, 0) is 26.3 Å². The monoisotopic (exact) mass is 432 g/mol. The molecule has 1 aliphatic carbocycles. The van der Waals surface area contributed by atoms with E-state index in [2.05, 4.69) is 20.8 Å². The first-order valence-electron chi connectivity index (χ1n) is 11.3. The van der Waals surface area contributed by atoms with Crippen LogP contribution in [0.1, 0.15) is 67.9 Å². The van der Waals surface area contributed by atoms with Gasteiger partial charge in [-0.05, 0) is 41.5 Å². The summed E-state index contributed by atoms with van der Waals surface area (Å²) >= 11 is 0. The highest BCUT2D eigenvalue weighted by Crippen LogP contribution is 2.49. The Morgan fingerprint density at radius 1 is 1.06 bits per heavy atom. The maximum absolute atomic E-state index is 13.6. The van der Waals surface area contributed by atoms with Gasteiger partial charge in [0, 0.05) is 18.9 Å². The van der Waals surface area contributed by atoms with Gasteiger partial charge in [-0.2, -0.15) is 0 Å². The van der Waals surface area contributed by atoms with Crippen LogP contribution in [0.25, 0.3) is 0 Å². The highest BCUT2D eigenvalue weighted by atomic mass is 16.5. The minimum absolute atomic E-state index is 0.0390. The molecule has 2 aliphatic heterocycles. The fourth-order valence-electron chi connectivity index (χ4n) is 4.88. The van der Waals surface area contributed by atoms with Gasteiger partial charge < -0.3 is 9.64 Å². The third-order valence-electron chi connectivity index (χ3n) is 6.73. The van der Waals surface area contributed by atoms with E-state index in [4.69, 9.17) is 4.74 Å². The summed E-state index contributed by atoms with van der Waals surface area (Å²) in [5.41, 5.74) is 1.70. The number of hydrogen-bond acceptors (Lipinski definition) is 4. The second-order valence-electron chi connectivity index (χ2n) is 9.99. The van der Waals surface area contributed by atoms with Crippen LogP contribution in [0.5, 0.6) is 0 Å². The molecule has 1 saturated heterocycles. The van der Waals surface area contributed by atoms with E-state index >= 15 is 0 Å². The number of hydrogen-bond donors (Lipinski definition) is 0. The fourth-order valence-corrected chi connectivity index (χ4v) is 4.88. The molecule has 1 unspecified atom stereocenters. The molecule has 2 amide bonds. The molecule has 1 saturated carbocycles. The molecule has 6 heteroatoms. The van der Waals surface area contributed by atoms with Gasteiger partial charge in [-0.1, -0.05) is 57.2 Å². The molecule has 0 N–H and O–H groups in total. The van der Waals surface area contributed by atoms with E-state index in [1.165, 1.54) is 10.5 Å². The largest absolute Gasteiger partial charge is 0.458 e. The smallest absolute Gasteiger partial charge is 0.354 e. The van der Waals surface area contributed by atoms with Gasteiger partial charge in [0.1, 0.15) is 6.61 Å². The van der Waals surface area contributed by atoms with Gasteiger partial charge in [0.05, 0.1) is 11.3 Å². The normalized spacial score (nSPS) is 22.6. The number of esters is 1. The molecular formula is C26H28N2O4. The second-order valence-corrected chi connectivity index (χ2v) is 9.99. The van der Waals surface area contributed by atoms with Crippen molar-refractivity contribution in [2.75, 3.05) is 4.90 Å². The lowest BCUT2D eigenvalue weighted by Gasteiger charge is -2.48. The zero-order valence-corrected chi connectivity index (χ0v) is 18.8. The van der Waals surface area contributed by atoms with Crippen LogP contribution in [-0.4, -0.2) is 34.4 Å². The summed E-state index contributed by atoms with van der Waals surface area (Å²) in [7, 11) is 0. The molecule has 3 aliphatic rings. The van der Waals surface area contributed by atoms with Gasteiger partial charge >= 0.3 is 5.97 Å². The molecule has 0 bridgehead atoms. The van der Waals surface area contributed by atoms with Crippen LogP contribution in [0, 0.1) is 0 Å². The molecule has 2 fully saturated rings. The van der Waals surface area contributed by atoms with E-state index in [9.17, 15) is 14.4 Å². The molecule has 0 spiro atoms. The Balaban J connectivity index is 1.47. The predicted octanol–water partition coefficient (Wildman–Crippen LogP) is 4.17. The number of carbonyl (C=O) groups is 3. The van der Waals surface area contributed by atoms with Gasteiger partial charge in [0.15, 0.2) is 0 Å². The maximum Gasteiger partial charge on any atom is 0.354 e. The number of amides is 2. The Hall–Kier alpha value is -3.15. The highest BCUT2D eigenvalue weighted by molar-refractivity contribution is 6.15. The quantitative estimate of drug-likeness (QED) is 0.680. The molecule has 0 radical (unpaired) electrons. The predicted molar refractivity (Wildman–Crippen MR) is 120 cm³/mol. The van der Waals surface area contributed by atoms with Crippen LogP contribution >= 0.6 is 0 Å². The Kier molecular flexibility index (Phi) is 4.66. The number of carbonyl (C=O) groups excluding carboxylic acids is 3. The molecular weight excluding hydrogens is 404 g/mol. The molecule has 166 valence electrons. The van der Waals surface area contributed by atoms with Crippen molar-refractivity contribution >= 4 is 23.5 Å². The molecule has 32 heavy (non-hydrogen) atoms. The summed E-state index contributed by atoms with van der Waals surface area (Å²) in [6.07, 6.45) is 2.13. The second kappa shape index (κ2) is 7.19. The van der Waals surface area contributed by atoms with Crippen molar-refractivity contribution in [2.45, 2.75) is 70.2 Å². The fraction of sp³-hybridized carbons (Fsp3) is 0.423. The van der Waals surface area contributed by atoms with Crippen LogP contribution < -0.4 is 4.90 Å². The van der Waals surface area contributed by atoms with Crippen LogP contribution in [0.15, 0.2) is 48.5 Å². The van der Waals surface area contributed by atoms with Crippen LogP contribution in [0.2, 0.25) is 0 Å². The molecule has 2 heterocycles. The average Bonchev–Trinajstić information content (AvgIpc) is 3.54. The van der Waals surface area contributed by atoms with E-state index in [1.54, 1.807) is 29.2 Å². The summed E-state index contributed by atoms with van der Waals surface area (Å²) in [6, 6.07) is 15.0. The van der Waals surface area contributed by atoms with Crippen molar-refractivity contribution in [3.05, 3.63) is 65.2 Å². The molecule has 0 aromatic heterocycles. The van der Waals surface area contributed by atoms with Crippen LogP contribution in [0.4, 0.5) is 5.69 Å². The number of nitrogens with zero attached hydrogens (tertiary/aromatic N) is 2. The zero-order valence-electron chi connectivity index (χ0n) is 18.8. The van der Waals surface area contributed by atoms with Crippen LogP contribution in [0.3, 0.4) is 0 Å². The van der Waals surface area contributed by atoms with Gasteiger partial charge in [-0.3, -0.25) is 14.5 Å². The summed E-state index contributed by atoms with van der Waals surface area (Å²) in [5.74, 6) is -0.874. The van der Waals surface area contributed by atoms with E-state index in [0.29, 0.717) is 11.3 Å². The van der Waals surface area contributed by atoms with E-state index in [-0.39, 0.29) is 42.7 Å². The van der Waals surface area contributed by atoms with Gasteiger partial charge in [0.25, 0.3) is 5.91 Å². The standard InChI is InChI=1S/C26H28N2O4/c1-25(2,3)18-10-8-17(9-11-18)16-32-24(31)26-15-14-22(29)28(26)21-7-5-4-6-20(21)23(30)27(26)19-12-13-19/h4-11,19H,12-16H2,1-3H3. The third kappa shape index (κ3) is 3.12. The number of anilines is 1. The molecule has 1 atom stereocenters. The first-order chi connectivity index (χ1) is 15.2. The average molecular weight is 433 g/mol. The first-order valence-corrected chi connectivity index (χ1v) is 11.3. The summed E-state index contributed by atoms with van der Waals surface area (Å²) in [6.45, 7) is 6.55. The van der Waals surface area contributed by atoms with E-state index < -0.39 is 11.6 Å². The van der Waals surface area contributed by atoms with Crippen molar-refractivity contribution in [3.8, 4) is 0 Å². The van der Waals surface area contributed by atoms with Gasteiger partial charge in [0.2, 0.25) is 11.6 Å². The number of rotatable bonds is 4. The Morgan fingerprint density at radius 2 is 1.75 bits per heavy atom. The lowest BCUT2D eigenvalue weighted by Crippen LogP contribution is -2.69. The number of ether oxygens (including phenoxy) is 1. The molecule has 2 aromatic rings. The van der Waals surface area contributed by atoms with Crippen molar-refractivity contribution in [2.24, 2.45) is 0 Å². The summed E-state index contributed by atoms with van der Waals surface area (Å²) in [5, 5.41) is 0.